The fourth-order valence-corrected chi connectivity index (χ4v) is 2.38. The Morgan fingerprint density at radius 1 is 0.929 bits per heavy atom. The molecular weight excluding hydrogens is 368 g/mol. The largest absolute Gasteiger partial charge is 0.337 e. The number of imidazole rings is 1. The van der Waals surface area contributed by atoms with Gasteiger partial charge in [-0.3, -0.25) is 4.57 Å². The molecule has 28 heavy (non-hydrogen) atoms. The molecule has 0 aliphatic carbocycles. The van der Waals surface area contributed by atoms with Gasteiger partial charge in [-0.2, -0.15) is 0 Å². The van der Waals surface area contributed by atoms with Gasteiger partial charge in [0.15, 0.2) is 0 Å². The number of urea groups is 1. The van der Waals surface area contributed by atoms with Crippen LogP contribution < -0.4 is 16.0 Å². The van der Waals surface area contributed by atoms with Crippen molar-refractivity contribution < 1.29 is 18.4 Å². The Kier molecular flexibility index (Phi) is 5.95. The molecule has 0 atom stereocenters. The standard InChI is InChI=1S/C19H17F2N5O2/c20-14-5-1-3-7-16(14)24-18(27)22-10-9-13-11-26(12-23-13)19(28)25-17-8-4-2-6-15(17)21/h1-8,11-12H,9-10H2,(H,25,28)(H2,22,24,27). The van der Waals surface area contributed by atoms with Crippen molar-refractivity contribution in [1.29, 1.82) is 0 Å². The second-order valence-corrected chi connectivity index (χ2v) is 5.79. The number of halogens is 2. The number of carbonyl (C=O) groups excluding carboxylic acids is 2. The van der Waals surface area contributed by atoms with Crippen LogP contribution in [-0.4, -0.2) is 28.2 Å². The van der Waals surface area contributed by atoms with Gasteiger partial charge in [0.25, 0.3) is 0 Å². The fraction of sp³-hybridized carbons (Fsp3) is 0.105. The van der Waals surface area contributed by atoms with Crippen molar-refractivity contribution in [2.75, 3.05) is 17.2 Å². The summed E-state index contributed by atoms with van der Waals surface area (Å²) in [6.07, 6.45) is 3.13. The third-order valence-electron chi connectivity index (χ3n) is 3.77. The lowest BCUT2D eigenvalue weighted by Gasteiger charge is -2.07. The quantitative estimate of drug-likeness (QED) is 0.627. The van der Waals surface area contributed by atoms with Crippen LogP contribution in [0.2, 0.25) is 0 Å². The molecule has 3 aromatic rings. The molecule has 0 unspecified atom stereocenters. The first-order valence-electron chi connectivity index (χ1n) is 8.41. The normalized spacial score (nSPS) is 10.4. The summed E-state index contributed by atoms with van der Waals surface area (Å²) in [5, 5.41) is 7.42. The molecule has 0 fully saturated rings. The summed E-state index contributed by atoms with van der Waals surface area (Å²) in [7, 11) is 0. The van der Waals surface area contributed by atoms with Crippen LogP contribution in [0.3, 0.4) is 0 Å². The van der Waals surface area contributed by atoms with E-state index in [1.807, 2.05) is 0 Å². The maximum atomic E-state index is 13.6. The van der Waals surface area contributed by atoms with E-state index in [2.05, 4.69) is 20.9 Å². The van der Waals surface area contributed by atoms with Crippen LogP contribution in [0, 0.1) is 11.6 Å². The number of nitrogens with zero attached hydrogens (tertiary/aromatic N) is 2. The van der Waals surface area contributed by atoms with Gasteiger partial charge in [-0.15, -0.1) is 0 Å². The Bertz CT molecular complexity index is 990. The average molecular weight is 385 g/mol. The van der Waals surface area contributed by atoms with E-state index in [1.165, 1.54) is 53.5 Å². The number of amides is 3. The highest BCUT2D eigenvalue weighted by molar-refractivity contribution is 5.91. The average Bonchev–Trinajstić information content (AvgIpc) is 3.14. The predicted octanol–water partition coefficient (Wildman–Crippen LogP) is 3.61. The SMILES string of the molecule is O=C(NCCc1cn(C(=O)Nc2ccccc2F)cn1)Nc1ccccc1F. The number of hydrogen-bond acceptors (Lipinski definition) is 3. The summed E-state index contributed by atoms with van der Waals surface area (Å²) in [6.45, 7) is 0.228. The maximum absolute atomic E-state index is 13.6. The fourth-order valence-electron chi connectivity index (χ4n) is 2.38. The third kappa shape index (κ3) is 4.91. The Morgan fingerprint density at radius 2 is 1.54 bits per heavy atom. The van der Waals surface area contributed by atoms with Crippen LogP contribution in [0.5, 0.6) is 0 Å². The lowest BCUT2D eigenvalue weighted by molar-refractivity contribution is 0.251. The molecular formula is C19H17F2N5O2. The van der Waals surface area contributed by atoms with Gasteiger partial charge < -0.3 is 16.0 Å². The number of para-hydroxylation sites is 2. The first-order chi connectivity index (χ1) is 13.5. The van der Waals surface area contributed by atoms with Gasteiger partial charge in [0.1, 0.15) is 18.0 Å². The summed E-state index contributed by atoms with van der Waals surface area (Å²) in [6, 6.07) is 10.5. The summed E-state index contributed by atoms with van der Waals surface area (Å²) in [5.41, 5.74) is 0.693. The van der Waals surface area contributed by atoms with E-state index in [0.29, 0.717) is 12.1 Å². The van der Waals surface area contributed by atoms with Crippen molar-refractivity contribution in [2.45, 2.75) is 6.42 Å². The molecule has 0 saturated heterocycles. The lowest BCUT2D eigenvalue weighted by Crippen LogP contribution is -2.30. The summed E-state index contributed by atoms with van der Waals surface area (Å²) in [5.74, 6) is -1.07. The van der Waals surface area contributed by atoms with Crippen molar-refractivity contribution in [3.63, 3.8) is 0 Å². The van der Waals surface area contributed by atoms with Gasteiger partial charge in [0, 0.05) is 19.2 Å². The second-order valence-electron chi connectivity index (χ2n) is 5.79. The van der Waals surface area contributed by atoms with Gasteiger partial charge in [-0.05, 0) is 24.3 Å². The van der Waals surface area contributed by atoms with Crippen molar-refractivity contribution in [1.82, 2.24) is 14.9 Å². The van der Waals surface area contributed by atoms with Gasteiger partial charge in [0.2, 0.25) is 0 Å². The number of rotatable bonds is 5. The Labute approximate surface area is 159 Å². The molecule has 3 N–H and O–H groups in total. The molecule has 9 heteroatoms. The number of benzene rings is 2. The van der Waals surface area contributed by atoms with Crippen LogP contribution in [-0.2, 0) is 6.42 Å². The summed E-state index contributed by atoms with van der Waals surface area (Å²) in [4.78, 5) is 28.0. The minimum absolute atomic E-state index is 0.0641. The highest BCUT2D eigenvalue weighted by Crippen LogP contribution is 2.13. The Morgan fingerprint density at radius 3 is 2.18 bits per heavy atom. The molecule has 0 radical (unpaired) electrons. The molecule has 7 nitrogen and oxygen atoms in total. The van der Waals surface area contributed by atoms with Crippen molar-refractivity contribution in [3.8, 4) is 0 Å². The van der Waals surface area contributed by atoms with E-state index < -0.39 is 23.7 Å². The van der Waals surface area contributed by atoms with Gasteiger partial charge >= 0.3 is 12.1 Å². The van der Waals surface area contributed by atoms with Crippen molar-refractivity contribution >= 4 is 23.4 Å². The Hall–Kier alpha value is -3.75. The van der Waals surface area contributed by atoms with E-state index in [9.17, 15) is 18.4 Å². The topological polar surface area (TPSA) is 88.1 Å². The minimum atomic E-state index is -0.561. The van der Waals surface area contributed by atoms with Crippen LogP contribution in [0.25, 0.3) is 0 Å². The van der Waals surface area contributed by atoms with Crippen LogP contribution >= 0.6 is 0 Å². The van der Waals surface area contributed by atoms with E-state index in [1.54, 1.807) is 12.1 Å². The van der Waals surface area contributed by atoms with E-state index >= 15 is 0 Å². The first-order valence-corrected chi connectivity index (χ1v) is 8.41. The summed E-state index contributed by atoms with van der Waals surface area (Å²) < 4.78 is 28.2. The molecule has 144 valence electrons. The molecule has 0 saturated carbocycles. The molecule has 0 aliphatic heterocycles. The molecule has 0 spiro atoms. The Balaban J connectivity index is 1.48. The van der Waals surface area contributed by atoms with Crippen molar-refractivity contribution in [2.24, 2.45) is 0 Å². The monoisotopic (exact) mass is 385 g/mol. The number of hydrogen-bond donors (Lipinski definition) is 3. The van der Waals surface area contributed by atoms with Crippen LogP contribution in [0.1, 0.15) is 5.69 Å². The first kappa shape index (κ1) is 19.0. The number of aromatic nitrogens is 2. The smallest absolute Gasteiger partial charge is 0.331 e. The van der Waals surface area contributed by atoms with Crippen molar-refractivity contribution in [3.05, 3.63) is 78.4 Å². The van der Waals surface area contributed by atoms with E-state index in [-0.39, 0.29) is 17.9 Å². The number of carbonyl (C=O) groups is 2. The summed E-state index contributed by atoms with van der Waals surface area (Å²) >= 11 is 0. The maximum Gasteiger partial charge on any atom is 0.331 e. The highest BCUT2D eigenvalue weighted by atomic mass is 19.1. The molecule has 0 aliphatic rings. The zero-order valence-corrected chi connectivity index (χ0v) is 14.7. The molecule has 1 heterocycles. The van der Waals surface area contributed by atoms with Gasteiger partial charge in [-0.1, -0.05) is 24.3 Å². The minimum Gasteiger partial charge on any atom is -0.337 e. The molecule has 0 bridgehead atoms. The molecule has 2 aromatic carbocycles. The van der Waals surface area contributed by atoms with Crippen LogP contribution in [0.4, 0.5) is 29.7 Å². The second kappa shape index (κ2) is 8.76. The number of anilines is 2. The van der Waals surface area contributed by atoms with Gasteiger partial charge in [-0.25, -0.2) is 23.4 Å². The zero-order chi connectivity index (χ0) is 19.9. The zero-order valence-electron chi connectivity index (χ0n) is 14.7. The third-order valence-corrected chi connectivity index (χ3v) is 3.77. The highest BCUT2D eigenvalue weighted by Gasteiger charge is 2.10. The lowest BCUT2D eigenvalue weighted by atomic mass is 10.3. The van der Waals surface area contributed by atoms with E-state index in [0.717, 1.165) is 0 Å². The molecule has 1 aromatic heterocycles. The van der Waals surface area contributed by atoms with E-state index in [4.69, 9.17) is 0 Å². The predicted molar refractivity (Wildman–Crippen MR) is 100 cm³/mol. The van der Waals surface area contributed by atoms with Crippen LogP contribution in [0.15, 0.2) is 61.1 Å². The van der Waals surface area contributed by atoms with Gasteiger partial charge in [0.05, 0.1) is 17.1 Å². The number of nitrogens with one attached hydrogen (secondary N) is 3. The molecule has 3 rings (SSSR count). The molecule has 3 amide bonds.